The van der Waals surface area contributed by atoms with Crippen molar-refractivity contribution in [3.05, 3.63) is 0 Å². The molecular weight excluding hydrogens is 454 g/mol. The lowest BCUT2D eigenvalue weighted by Gasteiger charge is -2.38. The van der Waals surface area contributed by atoms with Gasteiger partial charge in [-0.05, 0) is 25.2 Å². The maximum atomic E-state index is 13.3. The third kappa shape index (κ3) is 11.6. The number of hydrogen-bond donors (Lipinski definition) is 0. The van der Waals surface area contributed by atoms with Crippen molar-refractivity contribution < 1.29 is 24.0 Å². The van der Waals surface area contributed by atoms with Gasteiger partial charge < -0.3 is 9.57 Å². The Labute approximate surface area is 220 Å². The molecule has 0 N–H and O–H groups in total. The SMILES string of the molecule is CCCCCCCCCCCCCCCCCC(=NOCC)C1C(=O)CC(C)(C)C(C(=O)OC)C1=O. The second kappa shape index (κ2) is 18.5. The molecule has 6 nitrogen and oxygen atoms in total. The van der Waals surface area contributed by atoms with Gasteiger partial charge in [0.15, 0.2) is 5.78 Å². The summed E-state index contributed by atoms with van der Waals surface area (Å²) in [5.41, 5.74) is -0.297. The second-order valence-electron chi connectivity index (χ2n) is 11.1. The van der Waals surface area contributed by atoms with E-state index in [2.05, 4.69) is 12.1 Å². The van der Waals surface area contributed by atoms with E-state index in [1.165, 1.54) is 84.2 Å². The van der Waals surface area contributed by atoms with Crippen molar-refractivity contribution in [3.63, 3.8) is 0 Å². The summed E-state index contributed by atoms with van der Waals surface area (Å²) in [5.74, 6) is -3.12. The molecule has 1 fully saturated rings. The van der Waals surface area contributed by atoms with Gasteiger partial charge >= 0.3 is 5.97 Å². The number of esters is 1. The molecule has 2 atom stereocenters. The molecular formula is C30H53NO5. The van der Waals surface area contributed by atoms with Gasteiger partial charge in [-0.25, -0.2) is 0 Å². The monoisotopic (exact) mass is 507 g/mol. The minimum absolute atomic E-state index is 0.146. The first kappa shape index (κ1) is 32.3. The molecule has 0 amide bonds. The van der Waals surface area contributed by atoms with E-state index in [-0.39, 0.29) is 12.2 Å². The predicted octanol–water partition coefficient (Wildman–Crippen LogP) is 7.61. The Morgan fingerprint density at radius 1 is 0.833 bits per heavy atom. The molecule has 0 aromatic carbocycles. The standard InChI is InChI=1S/C30H53NO5/c1-6-8-9-10-11-12-13-14-15-16-17-18-19-20-21-22-24(31-36-7-2)26-25(32)23-30(3,4)27(28(26)33)29(34)35-5/h26-27H,6-23H2,1-5H3. The number of hydrogen-bond acceptors (Lipinski definition) is 6. The molecule has 1 saturated carbocycles. The van der Waals surface area contributed by atoms with Crippen LogP contribution in [0.3, 0.4) is 0 Å². The van der Waals surface area contributed by atoms with Gasteiger partial charge in [-0.2, -0.15) is 0 Å². The lowest BCUT2D eigenvalue weighted by Crippen LogP contribution is -2.52. The quantitative estimate of drug-likeness (QED) is 0.0556. The molecule has 1 rings (SSSR count). The number of nitrogens with zero attached hydrogens (tertiary/aromatic N) is 1. The molecule has 0 aliphatic heterocycles. The van der Waals surface area contributed by atoms with Crippen molar-refractivity contribution in [2.24, 2.45) is 22.4 Å². The Hall–Kier alpha value is -1.72. The van der Waals surface area contributed by atoms with E-state index in [0.29, 0.717) is 18.7 Å². The summed E-state index contributed by atoms with van der Waals surface area (Å²) in [6, 6.07) is 0. The molecule has 1 aliphatic carbocycles. The lowest BCUT2D eigenvalue weighted by atomic mass is 9.63. The fourth-order valence-corrected chi connectivity index (χ4v) is 5.33. The van der Waals surface area contributed by atoms with Gasteiger partial charge in [0.2, 0.25) is 0 Å². The molecule has 0 saturated heterocycles. The third-order valence-electron chi connectivity index (χ3n) is 7.42. The average molecular weight is 508 g/mol. The first-order chi connectivity index (χ1) is 17.3. The number of Topliss-reactive ketones (excluding diaryl/α,β-unsaturated/α-hetero) is 2. The van der Waals surface area contributed by atoms with Gasteiger partial charge in [0.25, 0.3) is 0 Å². The number of carbonyl (C=O) groups excluding carboxylic acids is 3. The Kier molecular flexibility index (Phi) is 16.6. The summed E-state index contributed by atoms with van der Waals surface area (Å²) < 4.78 is 4.89. The molecule has 0 heterocycles. The van der Waals surface area contributed by atoms with Crippen molar-refractivity contribution in [1.29, 1.82) is 0 Å². The first-order valence-corrected chi connectivity index (χ1v) is 14.6. The molecule has 36 heavy (non-hydrogen) atoms. The first-order valence-electron chi connectivity index (χ1n) is 14.6. The van der Waals surface area contributed by atoms with E-state index >= 15 is 0 Å². The van der Waals surface area contributed by atoms with Crippen LogP contribution in [0.2, 0.25) is 0 Å². The van der Waals surface area contributed by atoms with E-state index in [4.69, 9.17) is 9.57 Å². The van der Waals surface area contributed by atoms with Gasteiger partial charge in [0, 0.05) is 6.42 Å². The highest BCUT2D eigenvalue weighted by molar-refractivity contribution is 6.26. The zero-order valence-electron chi connectivity index (χ0n) is 23.9. The highest BCUT2D eigenvalue weighted by Gasteiger charge is 2.53. The Morgan fingerprint density at radius 3 is 1.75 bits per heavy atom. The molecule has 0 radical (unpaired) electrons. The minimum Gasteiger partial charge on any atom is -0.468 e. The van der Waals surface area contributed by atoms with Crippen molar-refractivity contribution >= 4 is 23.2 Å². The molecule has 0 aromatic heterocycles. The highest BCUT2D eigenvalue weighted by Crippen LogP contribution is 2.40. The van der Waals surface area contributed by atoms with Crippen molar-refractivity contribution in [2.45, 2.75) is 137 Å². The van der Waals surface area contributed by atoms with Crippen LogP contribution < -0.4 is 0 Å². The predicted molar refractivity (Wildman–Crippen MR) is 146 cm³/mol. The number of rotatable bonds is 20. The number of carbonyl (C=O) groups is 3. The molecule has 0 bridgehead atoms. The van der Waals surface area contributed by atoms with E-state index in [1.807, 2.05) is 6.92 Å². The second-order valence-corrected chi connectivity index (χ2v) is 11.1. The summed E-state index contributed by atoms with van der Waals surface area (Å²) in [6.45, 7) is 7.99. The number of ether oxygens (including phenoxy) is 1. The summed E-state index contributed by atoms with van der Waals surface area (Å²) >= 11 is 0. The Balaban J connectivity index is 2.37. The maximum absolute atomic E-state index is 13.3. The highest BCUT2D eigenvalue weighted by atomic mass is 16.6. The smallest absolute Gasteiger partial charge is 0.316 e. The van der Waals surface area contributed by atoms with Crippen molar-refractivity contribution in [2.75, 3.05) is 13.7 Å². The van der Waals surface area contributed by atoms with Crippen LogP contribution >= 0.6 is 0 Å². The van der Waals surface area contributed by atoms with Crippen molar-refractivity contribution in [3.8, 4) is 0 Å². The minimum atomic E-state index is -1.000. The van der Waals surface area contributed by atoms with E-state index < -0.39 is 29.0 Å². The number of unbranched alkanes of at least 4 members (excludes halogenated alkanes) is 14. The summed E-state index contributed by atoms with van der Waals surface area (Å²) in [5, 5.41) is 4.16. The van der Waals surface area contributed by atoms with E-state index in [1.54, 1.807) is 13.8 Å². The molecule has 0 aromatic rings. The van der Waals surface area contributed by atoms with Crippen LogP contribution in [0.15, 0.2) is 5.16 Å². The van der Waals surface area contributed by atoms with Crippen molar-refractivity contribution in [1.82, 2.24) is 0 Å². The normalized spacial score (nSPS) is 20.0. The third-order valence-corrected chi connectivity index (χ3v) is 7.42. The van der Waals surface area contributed by atoms with Crippen LogP contribution in [0.1, 0.15) is 137 Å². The lowest BCUT2D eigenvalue weighted by molar-refractivity contribution is -0.159. The van der Waals surface area contributed by atoms with Crippen LogP contribution in [0.4, 0.5) is 0 Å². The Bertz CT molecular complexity index is 685. The van der Waals surface area contributed by atoms with Crippen LogP contribution in [-0.2, 0) is 24.0 Å². The molecule has 208 valence electrons. The molecule has 1 aliphatic rings. The number of methoxy groups -OCH3 is 1. The van der Waals surface area contributed by atoms with Gasteiger partial charge in [-0.1, -0.05) is 116 Å². The van der Waals surface area contributed by atoms with E-state index in [0.717, 1.165) is 19.3 Å². The number of ketones is 2. The van der Waals surface area contributed by atoms with Crippen LogP contribution in [0.25, 0.3) is 0 Å². The zero-order valence-corrected chi connectivity index (χ0v) is 23.9. The maximum Gasteiger partial charge on any atom is 0.316 e. The zero-order chi connectivity index (χ0) is 26.8. The topological polar surface area (TPSA) is 82.0 Å². The summed E-state index contributed by atoms with van der Waals surface area (Å²) in [7, 11) is 1.28. The van der Waals surface area contributed by atoms with E-state index in [9.17, 15) is 14.4 Å². The molecule has 0 spiro atoms. The van der Waals surface area contributed by atoms with Gasteiger partial charge in [0.05, 0.1) is 12.8 Å². The average Bonchev–Trinajstić information content (AvgIpc) is 2.83. The summed E-state index contributed by atoms with van der Waals surface area (Å²) in [6.07, 6.45) is 19.9. The van der Waals surface area contributed by atoms with Gasteiger partial charge in [-0.15, -0.1) is 0 Å². The van der Waals surface area contributed by atoms with Gasteiger partial charge in [-0.3, -0.25) is 14.4 Å². The number of oxime groups is 1. The van der Waals surface area contributed by atoms with Crippen LogP contribution in [-0.4, -0.2) is 37.0 Å². The van der Waals surface area contributed by atoms with Crippen LogP contribution in [0, 0.1) is 17.3 Å². The van der Waals surface area contributed by atoms with Gasteiger partial charge in [0.1, 0.15) is 24.2 Å². The largest absolute Gasteiger partial charge is 0.468 e. The molecule has 6 heteroatoms. The Morgan fingerprint density at radius 2 is 1.31 bits per heavy atom. The fraction of sp³-hybridized carbons (Fsp3) is 0.867. The summed E-state index contributed by atoms with van der Waals surface area (Å²) in [4.78, 5) is 43.8. The fourth-order valence-electron chi connectivity index (χ4n) is 5.33. The molecule has 2 unspecified atom stereocenters. The van der Waals surface area contributed by atoms with Crippen LogP contribution in [0.5, 0.6) is 0 Å².